The number of sulfonamides is 1. The molecule has 4 rings (SSSR count). The van der Waals surface area contributed by atoms with Gasteiger partial charge in [-0.15, -0.1) is 0 Å². The molecule has 16 heteroatoms. The number of aromatic hydroxyl groups is 1. The molecule has 2 heterocycles. The van der Waals surface area contributed by atoms with Crippen molar-refractivity contribution in [3.8, 4) is 5.88 Å². The van der Waals surface area contributed by atoms with E-state index in [1.165, 1.54) is 12.3 Å². The number of aromatic nitrogens is 3. The number of rotatable bonds is 7. The van der Waals surface area contributed by atoms with Crippen LogP contribution in [0.1, 0.15) is 27.1 Å². The molecule has 0 radical (unpaired) electrons. The van der Waals surface area contributed by atoms with Gasteiger partial charge in [0, 0.05) is 17.5 Å². The van der Waals surface area contributed by atoms with Gasteiger partial charge in [0.15, 0.2) is 5.13 Å². The average molecular weight is 578 g/mol. The molecule has 0 saturated carbocycles. The molecule has 0 saturated heterocycles. The first-order chi connectivity index (χ1) is 17.6. The van der Waals surface area contributed by atoms with Crippen LogP contribution in [0.15, 0.2) is 42.6 Å². The summed E-state index contributed by atoms with van der Waals surface area (Å²) in [6.45, 7) is -0.164. The highest BCUT2D eigenvalue weighted by Crippen LogP contribution is 2.42. The summed E-state index contributed by atoms with van der Waals surface area (Å²) in [7, 11) is -3.80. The number of nitrogens with two attached hydrogens (primary N) is 1. The van der Waals surface area contributed by atoms with Crippen LogP contribution in [0.3, 0.4) is 0 Å². The number of fused-ring (bicyclic) bond motifs is 1. The standard InChI is InChI=1S/C22H17F6N5O3S2/c23-21(24,25)14-3-1-12(16(9-14)22(26,27)28)8-15(11-2-4-17-13(7-11)10-31-33-17)18-19(34)32-20(37-18)30-5-6-38(29,35)36/h1-4,7-10,34H,5-6H2,(H,30,32)(H,31,33)(H2,29,35,36). The minimum Gasteiger partial charge on any atom is -0.492 e. The van der Waals surface area contributed by atoms with Gasteiger partial charge < -0.3 is 10.4 Å². The average Bonchev–Trinajstić information content (AvgIpc) is 3.41. The van der Waals surface area contributed by atoms with Crippen molar-refractivity contribution in [2.75, 3.05) is 17.6 Å². The molecule has 38 heavy (non-hydrogen) atoms. The summed E-state index contributed by atoms with van der Waals surface area (Å²) in [5, 5.41) is 25.4. The molecule has 0 fully saturated rings. The normalized spacial score (nSPS) is 13.3. The van der Waals surface area contributed by atoms with E-state index in [-0.39, 0.29) is 28.2 Å². The first kappa shape index (κ1) is 27.4. The number of hydrogen-bond acceptors (Lipinski definition) is 7. The number of hydrogen-bond donors (Lipinski definition) is 4. The van der Waals surface area contributed by atoms with Gasteiger partial charge in [0.25, 0.3) is 0 Å². The van der Waals surface area contributed by atoms with Crippen LogP contribution >= 0.6 is 11.3 Å². The summed E-state index contributed by atoms with van der Waals surface area (Å²) in [5.74, 6) is -1.05. The number of anilines is 1. The third kappa shape index (κ3) is 6.25. The number of H-pyrrole nitrogens is 1. The molecule has 0 bridgehead atoms. The zero-order valence-electron chi connectivity index (χ0n) is 18.9. The van der Waals surface area contributed by atoms with Gasteiger partial charge in [-0.1, -0.05) is 23.5 Å². The monoisotopic (exact) mass is 577 g/mol. The number of thiazole rings is 1. The molecule has 5 N–H and O–H groups in total. The van der Waals surface area contributed by atoms with Crippen LogP contribution in [-0.4, -0.2) is 41.0 Å². The molecule has 2 aromatic carbocycles. The van der Waals surface area contributed by atoms with E-state index in [1.807, 2.05) is 0 Å². The molecule has 0 aliphatic rings. The molecular formula is C22H17F6N5O3S2. The van der Waals surface area contributed by atoms with Gasteiger partial charge in [0.2, 0.25) is 15.9 Å². The number of primary sulfonamides is 1. The minimum atomic E-state index is -5.12. The van der Waals surface area contributed by atoms with E-state index in [9.17, 15) is 39.9 Å². The largest absolute Gasteiger partial charge is 0.492 e. The van der Waals surface area contributed by atoms with Gasteiger partial charge >= 0.3 is 12.4 Å². The van der Waals surface area contributed by atoms with E-state index in [4.69, 9.17) is 5.14 Å². The van der Waals surface area contributed by atoms with Gasteiger partial charge in [-0.2, -0.15) is 36.4 Å². The second-order valence-electron chi connectivity index (χ2n) is 7.99. The summed E-state index contributed by atoms with van der Waals surface area (Å²) in [6.07, 6.45) is -7.65. The first-order valence-corrected chi connectivity index (χ1v) is 13.0. The molecule has 0 aliphatic heterocycles. The maximum atomic E-state index is 13.8. The van der Waals surface area contributed by atoms with Crippen molar-refractivity contribution in [3.63, 3.8) is 0 Å². The maximum Gasteiger partial charge on any atom is 0.417 e. The summed E-state index contributed by atoms with van der Waals surface area (Å²) in [4.78, 5) is 3.87. The van der Waals surface area contributed by atoms with E-state index in [0.717, 1.165) is 17.4 Å². The van der Waals surface area contributed by atoms with E-state index in [1.54, 1.807) is 12.1 Å². The topological polar surface area (TPSA) is 134 Å². The fourth-order valence-electron chi connectivity index (χ4n) is 3.51. The number of benzene rings is 2. The summed E-state index contributed by atoms with van der Waals surface area (Å²) < 4.78 is 103. The fraction of sp³-hybridized carbons (Fsp3) is 0.182. The molecule has 0 aliphatic carbocycles. The lowest BCUT2D eigenvalue weighted by Gasteiger charge is -2.15. The van der Waals surface area contributed by atoms with Crippen molar-refractivity contribution in [2.24, 2.45) is 5.14 Å². The van der Waals surface area contributed by atoms with E-state index in [0.29, 0.717) is 28.6 Å². The van der Waals surface area contributed by atoms with Crippen LogP contribution in [0.2, 0.25) is 0 Å². The van der Waals surface area contributed by atoms with Crippen molar-refractivity contribution in [3.05, 3.63) is 69.7 Å². The molecule has 0 unspecified atom stereocenters. The SMILES string of the molecule is NS(=O)(=O)CCNc1nc(O)c(C(=Cc2ccc(C(F)(F)F)cc2C(F)(F)F)c2ccc3[nH]ncc3c2)s1. The summed E-state index contributed by atoms with van der Waals surface area (Å²) in [6, 6.07) is 5.93. The number of alkyl halides is 6. The van der Waals surface area contributed by atoms with Crippen LogP contribution in [0, 0.1) is 0 Å². The van der Waals surface area contributed by atoms with Gasteiger partial charge in [-0.25, -0.2) is 13.6 Å². The molecule has 0 spiro atoms. The van der Waals surface area contributed by atoms with Crippen LogP contribution in [-0.2, 0) is 22.4 Å². The Labute approximate surface area is 214 Å². The lowest BCUT2D eigenvalue weighted by atomic mass is 9.96. The number of nitrogens with one attached hydrogen (secondary N) is 2. The second kappa shape index (κ2) is 9.92. The Hall–Kier alpha value is -3.63. The first-order valence-electron chi connectivity index (χ1n) is 10.5. The van der Waals surface area contributed by atoms with Gasteiger partial charge in [-0.3, -0.25) is 5.10 Å². The molecule has 2 aromatic heterocycles. The van der Waals surface area contributed by atoms with Gasteiger partial charge in [-0.05, 0) is 41.5 Å². The summed E-state index contributed by atoms with van der Waals surface area (Å²) >= 11 is 0.800. The third-order valence-corrected chi connectivity index (χ3v) is 7.06. The lowest BCUT2D eigenvalue weighted by Crippen LogP contribution is -2.22. The molecule has 8 nitrogen and oxygen atoms in total. The quantitative estimate of drug-likeness (QED) is 0.179. The zero-order valence-corrected chi connectivity index (χ0v) is 20.5. The Kier molecular flexibility index (Phi) is 7.15. The van der Waals surface area contributed by atoms with E-state index >= 15 is 0 Å². The number of halogens is 6. The van der Waals surface area contributed by atoms with E-state index < -0.39 is 50.7 Å². The zero-order chi connectivity index (χ0) is 27.9. The Bertz CT molecular complexity index is 1620. The molecule has 0 atom stereocenters. The van der Waals surface area contributed by atoms with Gasteiger partial charge in [0.1, 0.15) is 4.88 Å². The number of aromatic amines is 1. The minimum absolute atomic E-state index is 0.0148. The van der Waals surface area contributed by atoms with E-state index in [2.05, 4.69) is 20.5 Å². The Morgan fingerprint density at radius 3 is 2.50 bits per heavy atom. The van der Waals surface area contributed by atoms with Crippen molar-refractivity contribution in [1.29, 1.82) is 0 Å². The van der Waals surface area contributed by atoms with Crippen LogP contribution in [0.4, 0.5) is 31.5 Å². The van der Waals surface area contributed by atoms with Crippen LogP contribution < -0.4 is 10.5 Å². The molecule has 202 valence electrons. The highest BCUT2D eigenvalue weighted by Gasteiger charge is 2.38. The predicted molar refractivity (Wildman–Crippen MR) is 130 cm³/mol. The van der Waals surface area contributed by atoms with Crippen LogP contribution in [0.25, 0.3) is 22.6 Å². The van der Waals surface area contributed by atoms with Crippen molar-refractivity contribution >= 4 is 49.0 Å². The van der Waals surface area contributed by atoms with Crippen molar-refractivity contribution in [1.82, 2.24) is 15.2 Å². The fourth-order valence-corrected chi connectivity index (χ4v) is 4.82. The lowest BCUT2D eigenvalue weighted by molar-refractivity contribution is -0.143. The van der Waals surface area contributed by atoms with Crippen molar-refractivity contribution < 1.29 is 39.9 Å². The van der Waals surface area contributed by atoms with Gasteiger partial charge in [0.05, 0.1) is 28.6 Å². The maximum absolute atomic E-state index is 13.8. The Balaban J connectivity index is 1.87. The number of nitrogens with zero attached hydrogens (tertiary/aromatic N) is 2. The van der Waals surface area contributed by atoms with Crippen molar-refractivity contribution in [2.45, 2.75) is 12.4 Å². The Morgan fingerprint density at radius 1 is 1.11 bits per heavy atom. The highest BCUT2D eigenvalue weighted by atomic mass is 32.2. The second-order valence-corrected chi connectivity index (χ2v) is 10.7. The third-order valence-electron chi connectivity index (χ3n) is 5.25. The highest BCUT2D eigenvalue weighted by molar-refractivity contribution is 7.89. The smallest absolute Gasteiger partial charge is 0.417 e. The molecular weight excluding hydrogens is 560 g/mol. The summed E-state index contributed by atoms with van der Waals surface area (Å²) in [5.41, 5.74) is -2.63. The molecule has 4 aromatic rings. The molecule has 0 amide bonds. The van der Waals surface area contributed by atoms with Crippen LogP contribution in [0.5, 0.6) is 5.88 Å². The Morgan fingerprint density at radius 2 is 1.84 bits per heavy atom. The predicted octanol–water partition coefficient (Wildman–Crippen LogP) is 5.05.